The quantitative estimate of drug-likeness (QED) is 0.593. The number of hydrogen-bond donors (Lipinski definition) is 2. The largest absolute Gasteiger partial charge is 0.313 e. The molecular weight excluding hydrogens is 238 g/mol. The van der Waals surface area contributed by atoms with Crippen LogP contribution >= 0.6 is 12.6 Å². The highest BCUT2D eigenvalue weighted by atomic mass is 32.1. The van der Waals surface area contributed by atoms with Gasteiger partial charge in [-0.05, 0) is 35.4 Å². The van der Waals surface area contributed by atoms with Gasteiger partial charge in [0.25, 0.3) is 0 Å². The molecule has 94 valence electrons. The molecule has 0 bridgehead atoms. The summed E-state index contributed by atoms with van der Waals surface area (Å²) in [5, 5.41) is 3.41. The SMILES string of the molecule is SCCCNCc1ccc(-c2ccccc2)cc1. The first-order chi connectivity index (χ1) is 8.90. The predicted molar refractivity (Wildman–Crippen MR) is 82.1 cm³/mol. The summed E-state index contributed by atoms with van der Waals surface area (Å²) in [5.41, 5.74) is 3.87. The first-order valence-electron chi connectivity index (χ1n) is 6.36. The molecule has 1 nitrogen and oxygen atoms in total. The van der Waals surface area contributed by atoms with Gasteiger partial charge in [0.2, 0.25) is 0 Å². The van der Waals surface area contributed by atoms with E-state index in [1.54, 1.807) is 0 Å². The van der Waals surface area contributed by atoms with E-state index in [0.717, 1.165) is 25.3 Å². The van der Waals surface area contributed by atoms with Crippen molar-refractivity contribution in [2.24, 2.45) is 0 Å². The standard InChI is InChI=1S/C16H19NS/c18-12-4-11-17-13-14-7-9-16(10-8-14)15-5-2-1-3-6-15/h1-3,5-10,17-18H,4,11-13H2. The average molecular weight is 257 g/mol. The fraction of sp³-hybridized carbons (Fsp3) is 0.250. The molecule has 0 saturated carbocycles. The Hall–Kier alpha value is -1.25. The van der Waals surface area contributed by atoms with Gasteiger partial charge in [0, 0.05) is 6.54 Å². The van der Waals surface area contributed by atoms with Crippen molar-refractivity contribution in [3.63, 3.8) is 0 Å². The van der Waals surface area contributed by atoms with E-state index in [1.807, 2.05) is 6.07 Å². The third-order valence-corrected chi connectivity index (χ3v) is 3.22. The molecule has 18 heavy (non-hydrogen) atoms. The monoisotopic (exact) mass is 257 g/mol. The van der Waals surface area contributed by atoms with Crippen molar-refractivity contribution in [3.8, 4) is 11.1 Å². The Labute approximate surface area is 115 Å². The molecule has 1 N–H and O–H groups in total. The number of rotatable bonds is 6. The lowest BCUT2D eigenvalue weighted by Crippen LogP contribution is -2.14. The van der Waals surface area contributed by atoms with Crippen molar-refractivity contribution < 1.29 is 0 Å². The summed E-state index contributed by atoms with van der Waals surface area (Å²) in [6.07, 6.45) is 1.12. The molecule has 0 aromatic heterocycles. The average Bonchev–Trinajstić information content (AvgIpc) is 2.45. The van der Waals surface area contributed by atoms with E-state index < -0.39 is 0 Å². The maximum Gasteiger partial charge on any atom is 0.0205 e. The molecule has 0 aliphatic rings. The predicted octanol–water partition coefficient (Wildman–Crippen LogP) is 3.76. The molecule has 0 unspecified atom stereocenters. The Morgan fingerprint density at radius 2 is 1.50 bits per heavy atom. The first kappa shape index (κ1) is 13.2. The first-order valence-corrected chi connectivity index (χ1v) is 6.99. The van der Waals surface area contributed by atoms with Gasteiger partial charge in [0.1, 0.15) is 0 Å². The summed E-state index contributed by atoms with van der Waals surface area (Å²) in [5.74, 6) is 0.944. The summed E-state index contributed by atoms with van der Waals surface area (Å²) in [6.45, 7) is 1.97. The highest BCUT2D eigenvalue weighted by Crippen LogP contribution is 2.19. The molecule has 0 spiro atoms. The molecule has 0 aliphatic carbocycles. The fourth-order valence-corrected chi connectivity index (χ4v) is 2.04. The van der Waals surface area contributed by atoms with Crippen LogP contribution in [0.4, 0.5) is 0 Å². The Morgan fingerprint density at radius 3 is 2.17 bits per heavy atom. The molecule has 2 heteroatoms. The Bertz CT molecular complexity index is 450. The minimum atomic E-state index is 0.933. The van der Waals surface area contributed by atoms with E-state index in [0.29, 0.717) is 0 Å². The Balaban J connectivity index is 1.94. The highest BCUT2D eigenvalue weighted by Gasteiger charge is 1.97. The number of nitrogens with one attached hydrogen (secondary N) is 1. The zero-order valence-corrected chi connectivity index (χ0v) is 11.4. The van der Waals surface area contributed by atoms with E-state index in [9.17, 15) is 0 Å². The van der Waals surface area contributed by atoms with Gasteiger partial charge < -0.3 is 5.32 Å². The zero-order valence-electron chi connectivity index (χ0n) is 10.5. The van der Waals surface area contributed by atoms with Crippen LogP contribution in [0, 0.1) is 0 Å². The van der Waals surface area contributed by atoms with E-state index >= 15 is 0 Å². The third kappa shape index (κ3) is 3.90. The second-order valence-corrected chi connectivity index (χ2v) is 4.76. The summed E-state index contributed by atoms with van der Waals surface area (Å²) < 4.78 is 0. The summed E-state index contributed by atoms with van der Waals surface area (Å²) in [4.78, 5) is 0. The van der Waals surface area contributed by atoms with Crippen molar-refractivity contribution >= 4 is 12.6 Å². The van der Waals surface area contributed by atoms with Crippen LogP contribution in [0.3, 0.4) is 0 Å². The molecule has 0 radical (unpaired) electrons. The van der Waals surface area contributed by atoms with Crippen LogP contribution in [0.15, 0.2) is 54.6 Å². The van der Waals surface area contributed by atoms with Crippen molar-refractivity contribution in [1.29, 1.82) is 0 Å². The normalized spacial score (nSPS) is 10.5. The van der Waals surface area contributed by atoms with Crippen LogP contribution < -0.4 is 5.32 Å². The van der Waals surface area contributed by atoms with Crippen molar-refractivity contribution in [2.75, 3.05) is 12.3 Å². The number of hydrogen-bond acceptors (Lipinski definition) is 2. The second-order valence-electron chi connectivity index (χ2n) is 4.32. The molecule has 2 aromatic rings. The Morgan fingerprint density at radius 1 is 0.833 bits per heavy atom. The van der Waals surface area contributed by atoms with Crippen LogP contribution in [0.1, 0.15) is 12.0 Å². The van der Waals surface area contributed by atoms with Gasteiger partial charge >= 0.3 is 0 Å². The van der Waals surface area contributed by atoms with Crippen LogP contribution in [0.5, 0.6) is 0 Å². The molecule has 0 heterocycles. The van der Waals surface area contributed by atoms with Gasteiger partial charge in [-0.2, -0.15) is 12.6 Å². The molecule has 0 aliphatic heterocycles. The fourth-order valence-electron chi connectivity index (χ4n) is 1.88. The van der Waals surface area contributed by atoms with Gasteiger partial charge in [-0.15, -0.1) is 0 Å². The molecule has 0 amide bonds. The lowest BCUT2D eigenvalue weighted by atomic mass is 10.0. The number of benzene rings is 2. The summed E-state index contributed by atoms with van der Waals surface area (Å²) >= 11 is 4.19. The lowest BCUT2D eigenvalue weighted by Gasteiger charge is -2.06. The molecule has 2 aromatic carbocycles. The smallest absolute Gasteiger partial charge is 0.0205 e. The molecule has 0 atom stereocenters. The van der Waals surface area contributed by atoms with Gasteiger partial charge in [-0.25, -0.2) is 0 Å². The molecule has 2 rings (SSSR count). The second kappa shape index (κ2) is 7.24. The van der Waals surface area contributed by atoms with E-state index in [4.69, 9.17) is 0 Å². The maximum atomic E-state index is 4.19. The van der Waals surface area contributed by atoms with Gasteiger partial charge in [0.15, 0.2) is 0 Å². The minimum absolute atomic E-state index is 0.933. The summed E-state index contributed by atoms with van der Waals surface area (Å²) in [7, 11) is 0. The van der Waals surface area contributed by atoms with E-state index in [1.165, 1.54) is 16.7 Å². The number of thiol groups is 1. The van der Waals surface area contributed by atoms with E-state index in [2.05, 4.69) is 66.5 Å². The lowest BCUT2D eigenvalue weighted by molar-refractivity contribution is 0.679. The minimum Gasteiger partial charge on any atom is -0.313 e. The van der Waals surface area contributed by atoms with Crippen LogP contribution in [-0.4, -0.2) is 12.3 Å². The van der Waals surface area contributed by atoms with Crippen molar-refractivity contribution in [1.82, 2.24) is 5.32 Å². The van der Waals surface area contributed by atoms with Crippen molar-refractivity contribution in [3.05, 3.63) is 60.2 Å². The molecule has 0 saturated heterocycles. The molecule has 0 fully saturated rings. The van der Waals surface area contributed by atoms with Crippen molar-refractivity contribution in [2.45, 2.75) is 13.0 Å². The topological polar surface area (TPSA) is 12.0 Å². The van der Waals surface area contributed by atoms with Crippen LogP contribution in [0.25, 0.3) is 11.1 Å². The zero-order chi connectivity index (χ0) is 12.6. The Kier molecular flexibility index (Phi) is 5.31. The van der Waals surface area contributed by atoms with Crippen LogP contribution in [0.2, 0.25) is 0 Å². The van der Waals surface area contributed by atoms with Gasteiger partial charge in [0.05, 0.1) is 0 Å². The molecular formula is C16H19NS. The van der Waals surface area contributed by atoms with Gasteiger partial charge in [-0.1, -0.05) is 54.6 Å². The van der Waals surface area contributed by atoms with Gasteiger partial charge in [-0.3, -0.25) is 0 Å². The van der Waals surface area contributed by atoms with Crippen LogP contribution in [-0.2, 0) is 6.54 Å². The highest BCUT2D eigenvalue weighted by molar-refractivity contribution is 7.80. The maximum absolute atomic E-state index is 4.19. The summed E-state index contributed by atoms with van der Waals surface area (Å²) in [6, 6.07) is 19.2. The van der Waals surface area contributed by atoms with E-state index in [-0.39, 0.29) is 0 Å². The third-order valence-electron chi connectivity index (χ3n) is 2.90.